The van der Waals surface area contributed by atoms with Crippen molar-refractivity contribution in [2.24, 2.45) is 5.10 Å². The molecule has 1 saturated heterocycles. The molecule has 118 valence electrons. The molecule has 0 radical (unpaired) electrons. The van der Waals surface area contributed by atoms with Crippen molar-refractivity contribution in [1.29, 1.82) is 0 Å². The first kappa shape index (κ1) is 17.3. The summed E-state index contributed by atoms with van der Waals surface area (Å²) in [6, 6.07) is -0.935. The fraction of sp³-hybridized carbons (Fsp3) is 0.923. The Hall–Kier alpha value is -0.730. The zero-order valence-electron chi connectivity index (χ0n) is 11.8. The summed E-state index contributed by atoms with van der Waals surface area (Å²) in [7, 11) is 0. The first-order chi connectivity index (χ1) is 9.54. The van der Waals surface area contributed by atoms with Gasteiger partial charge >= 0.3 is 0 Å². The van der Waals surface area contributed by atoms with E-state index in [0.717, 1.165) is 37.1 Å². The summed E-state index contributed by atoms with van der Waals surface area (Å²) in [4.78, 5) is 0. The van der Waals surface area contributed by atoms with Gasteiger partial charge in [0.2, 0.25) is 0 Å². The van der Waals surface area contributed by atoms with Crippen LogP contribution in [0.3, 0.4) is 0 Å². The van der Waals surface area contributed by atoms with E-state index in [1.165, 1.54) is 0 Å². The van der Waals surface area contributed by atoms with E-state index in [4.69, 9.17) is 0 Å². The summed E-state index contributed by atoms with van der Waals surface area (Å²) in [6.45, 7) is 1.65. The normalized spacial score (nSPS) is 34.9. The maximum Gasteiger partial charge on any atom is 0.171 e. The molecule has 7 nitrogen and oxygen atoms in total. The van der Waals surface area contributed by atoms with Crippen LogP contribution in [0.25, 0.3) is 0 Å². The number of aliphatic hydroxyl groups excluding tert-OH is 5. The monoisotopic (exact) mass is 290 g/mol. The number of rotatable bonds is 7. The second-order valence-corrected chi connectivity index (χ2v) is 5.16. The summed E-state index contributed by atoms with van der Waals surface area (Å²) in [6.07, 6.45) is 0.844. The molecule has 0 saturated carbocycles. The van der Waals surface area contributed by atoms with Crippen LogP contribution in [-0.4, -0.2) is 73.9 Å². The highest BCUT2D eigenvalue weighted by Crippen LogP contribution is 2.23. The number of nitrogens with zero attached hydrogens (tertiary/aromatic N) is 2. The molecule has 1 fully saturated rings. The molecule has 0 spiro atoms. The van der Waals surface area contributed by atoms with Crippen molar-refractivity contribution < 1.29 is 25.5 Å². The average molecular weight is 290 g/mol. The summed E-state index contributed by atoms with van der Waals surface area (Å²) in [5.41, 5.74) is 0. The molecule has 0 aromatic heterocycles. The van der Waals surface area contributed by atoms with E-state index in [2.05, 4.69) is 12.0 Å². The van der Waals surface area contributed by atoms with Gasteiger partial charge < -0.3 is 25.5 Å². The Morgan fingerprint density at radius 2 is 1.70 bits per heavy atom. The fourth-order valence-corrected chi connectivity index (χ4v) is 2.28. The van der Waals surface area contributed by atoms with E-state index >= 15 is 0 Å². The van der Waals surface area contributed by atoms with Crippen LogP contribution in [0.4, 0.5) is 0 Å². The number of unbranched alkanes of at least 4 members (excludes halogenated alkanes) is 4. The van der Waals surface area contributed by atoms with E-state index in [0.29, 0.717) is 0 Å². The zero-order chi connectivity index (χ0) is 15.1. The Morgan fingerprint density at radius 1 is 1.00 bits per heavy atom. The third-order valence-electron chi connectivity index (χ3n) is 3.60. The van der Waals surface area contributed by atoms with Gasteiger partial charge in [-0.3, -0.25) is 5.01 Å². The summed E-state index contributed by atoms with van der Waals surface area (Å²) < 4.78 is 0. The van der Waals surface area contributed by atoms with Crippen molar-refractivity contribution in [2.45, 2.75) is 69.6 Å². The lowest BCUT2D eigenvalue weighted by Gasteiger charge is -2.44. The minimum atomic E-state index is -1.52. The van der Waals surface area contributed by atoms with Gasteiger partial charge in [-0.1, -0.05) is 26.2 Å². The smallest absolute Gasteiger partial charge is 0.171 e. The molecule has 0 bridgehead atoms. The quantitative estimate of drug-likeness (QED) is 0.304. The van der Waals surface area contributed by atoms with Gasteiger partial charge in [-0.15, -0.1) is 0 Å². The van der Waals surface area contributed by atoms with Gasteiger partial charge in [0.25, 0.3) is 0 Å². The lowest BCUT2D eigenvalue weighted by atomic mass is 9.94. The van der Waals surface area contributed by atoms with Gasteiger partial charge in [-0.05, 0) is 12.8 Å². The van der Waals surface area contributed by atoms with E-state index in [1.807, 2.05) is 0 Å². The molecule has 1 aliphatic heterocycles. The highest BCUT2D eigenvalue weighted by molar-refractivity contribution is 5.56. The SMILES string of the molecule is CCCCCC/C=N/N1C(O)[C@H](O)[C@@H](O)[C@H](O)[C@H]1CO. The number of piperidine rings is 1. The third kappa shape index (κ3) is 4.13. The lowest BCUT2D eigenvalue weighted by molar-refractivity contribution is -0.222. The Balaban J connectivity index is 2.58. The predicted molar refractivity (Wildman–Crippen MR) is 74.0 cm³/mol. The molecule has 5 N–H and O–H groups in total. The summed E-state index contributed by atoms with van der Waals surface area (Å²) >= 11 is 0. The Bertz CT molecular complexity index is 302. The molecule has 5 atom stereocenters. The molecular weight excluding hydrogens is 264 g/mol. The molecule has 7 heteroatoms. The first-order valence-electron chi connectivity index (χ1n) is 7.18. The maximum absolute atomic E-state index is 9.85. The van der Waals surface area contributed by atoms with Crippen molar-refractivity contribution in [2.75, 3.05) is 6.61 Å². The number of hydrazone groups is 1. The summed E-state index contributed by atoms with van der Waals surface area (Å²) in [5.74, 6) is 0. The second-order valence-electron chi connectivity index (χ2n) is 5.16. The van der Waals surface area contributed by atoms with Gasteiger partial charge in [0.1, 0.15) is 24.4 Å². The predicted octanol–water partition coefficient (Wildman–Crippen LogP) is -0.980. The highest BCUT2D eigenvalue weighted by Gasteiger charge is 2.46. The van der Waals surface area contributed by atoms with Crippen molar-refractivity contribution in [1.82, 2.24) is 5.01 Å². The standard InChI is InChI=1S/C13H26N2O5/c1-2-3-4-5-6-7-14-15-9(8-16)10(17)11(18)12(19)13(15)20/h7,9-13,16-20H,2-6,8H2,1H3/b14-7+/t9-,10-,11+,12-,13?/m1/s1. The minimum Gasteiger partial charge on any atom is -0.394 e. The Labute approximate surface area is 119 Å². The van der Waals surface area contributed by atoms with Crippen LogP contribution < -0.4 is 0 Å². The minimum absolute atomic E-state index is 0.477. The highest BCUT2D eigenvalue weighted by atomic mass is 16.4. The van der Waals surface area contributed by atoms with Gasteiger partial charge in [-0.25, -0.2) is 0 Å². The average Bonchev–Trinajstić information content (AvgIpc) is 2.45. The first-order valence-corrected chi connectivity index (χ1v) is 7.18. The van der Waals surface area contributed by atoms with Crippen LogP contribution in [0, 0.1) is 0 Å². The van der Waals surface area contributed by atoms with E-state index in [9.17, 15) is 25.5 Å². The van der Waals surface area contributed by atoms with E-state index < -0.39 is 37.2 Å². The van der Waals surface area contributed by atoms with Crippen LogP contribution >= 0.6 is 0 Å². The molecule has 0 aromatic rings. The largest absolute Gasteiger partial charge is 0.394 e. The molecule has 1 rings (SSSR count). The summed E-state index contributed by atoms with van der Waals surface area (Å²) in [5, 5.41) is 53.1. The van der Waals surface area contributed by atoms with Crippen LogP contribution in [0.15, 0.2) is 5.10 Å². The van der Waals surface area contributed by atoms with Crippen LogP contribution in [0.1, 0.15) is 39.0 Å². The van der Waals surface area contributed by atoms with Crippen molar-refractivity contribution in [3.05, 3.63) is 0 Å². The Kier molecular flexibility index (Phi) is 7.39. The molecule has 0 aliphatic carbocycles. The molecule has 1 unspecified atom stereocenters. The van der Waals surface area contributed by atoms with Crippen molar-refractivity contribution in [3.63, 3.8) is 0 Å². The molecule has 20 heavy (non-hydrogen) atoms. The molecule has 0 amide bonds. The van der Waals surface area contributed by atoms with Gasteiger partial charge in [0.05, 0.1) is 6.61 Å². The van der Waals surface area contributed by atoms with Gasteiger partial charge in [0.15, 0.2) is 6.23 Å². The van der Waals surface area contributed by atoms with Crippen LogP contribution in [0.5, 0.6) is 0 Å². The van der Waals surface area contributed by atoms with Crippen LogP contribution in [0.2, 0.25) is 0 Å². The second kappa shape index (κ2) is 8.53. The zero-order valence-corrected chi connectivity index (χ0v) is 11.8. The number of hydrogen-bond donors (Lipinski definition) is 5. The Morgan fingerprint density at radius 3 is 2.30 bits per heavy atom. The molecule has 1 aliphatic rings. The number of hydrogen-bond acceptors (Lipinski definition) is 7. The number of aliphatic hydroxyl groups is 5. The molecule has 1 heterocycles. The molecule has 0 aromatic carbocycles. The van der Waals surface area contributed by atoms with Crippen LogP contribution in [-0.2, 0) is 0 Å². The third-order valence-corrected chi connectivity index (χ3v) is 3.60. The van der Waals surface area contributed by atoms with Crippen molar-refractivity contribution >= 4 is 6.21 Å². The maximum atomic E-state index is 9.85. The topological polar surface area (TPSA) is 117 Å². The van der Waals surface area contributed by atoms with E-state index in [-0.39, 0.29) is 0 Å². The van der Waals surface area contributed by atoms with Gasteiger partial charge in [-0.2, -0.15) is 5.10 Å². The van der Waals surface area contributed by atoms with Crippen molar-refractivity contribution in [3.8, 4) is 0 Å². The van der Waals surface area contributed by atoms with Gasteiger partial charge in [0, 0.05) is 6.21 Å². The van der Waals surface area contributed by atoms with E-state index in [1.54, 1.807) is 6.21 Å². The fourth-order valence-electron chi connectivity index (χ4n) is 2.28. The lowest BCUT2D eigenvalue weighted by Crippen LogP contribution is -2.65. The molecular formula is C13H26N2O5.